The van der Waals surface area contributed by atoms with Gasteiger partial charge < -0.3 is 5.11 Å². The van der Waals surface area contributed by atoms with Crippen molar-refractivity contribution >= 4 is 15.9 Å². The Labute approximate surface area is 104 Å². The van der Waals surface area contributed by atoms with Gasteiger partial charge in [0.2, 0.25) is 0 Å². The van der Waals surface area contributed by atoms with Gasteiger partial charge in [-0.1, -0.05) is 0 Å². The standard InChI is InChI=1S/C11H18BrN3O/c1-8-11(12)10(14(2)13-8)6-15-5-3-4-9(15)7-16/h9,16H,3-7H2,1-2H3/t9-/m1/s1. The minimum atomic E-state index is 0.258. The highest BCUT2D eigenvalue weighted by molar-refractivity contribution is 9.10. The van der Waals surface area contributed by atoms with E-state index in [9.17, 15) is 5.11 Å². The largest absolute Gasteiger partial charge is 0.395 e. The average Bonchev–Trinajstić information content (AvgIpc) is 2.79. The number of hydrogen-bond acceptors (Lipinski definition) is 3. The van der Waals surface area contributed by atoms with Crippen molar-refractivity contribution in [2.24, 2.45) is 7.05 Å². The number of halogens is 1. The molecule has 0 aliphatic carbocycles. The fourth-order valence-corrected chi connectivity index (χ4v) is 2.82. The first-order valence-corrected chi connectivity index (χ1v) is 6.45. The van der Waals surface area contributed by atoms with Crippen molar-refractivity contribution in [1.82, 2.24) is 14.7 Å². The van der Waals surface area contributed by atoms with Crippen LogP contribution in [0.25, 0.3) is 0 Å². The van der Waals surface area contributed by atoms with Gasteiger partial charge in [0, 0.05) is 19.6 Å². The summed E-state index contributed by atoms with van der Waals surface area (Å²) in [4.78, 5) is 2.33. The summed E-state index contributed by atoms with van der Waals surface area (Å²) in [5, 5.41) is 13.7. The summed E-state index contributed by atoms with van der Waals surface area (Å²) < 4.78 is 3.02. The van der Waals surface area contributed by atoms with Crippen LogP contribution >= 0.6 is 15.9 Å². The van der Waals surface area contributed by atoms with E-state index in [1.807, 2.05) is 18.7 Å². The molecule has 0 bridgehead atoms. The maximum Gasteiger partial charge on any atom is 0.0739 e. The van der Waals surface area contributed by atoms with E-state index in [1.54, 1.807) is 0 Å². The first-order valence-electron chi connectivity index (χ1n) is 5.66. The van der Waals surface area contributed by atoms with Crippen molar-refractivity contribution in [3.05, 3.63) is 15.9 Å². The summed E-state index contributed by atoms with van der Waals surface area (Å²) in [6.07, 6.45) is 2.28. The predicted octanol–water partition coefficient (Wildman–Crippen LogP) is 1.45. The normalized spacial score (nSPS) is 21.9. The van der Waals surface area contributed by atoms with E-state index >= 15 is 0 Å². The van der Waals surface area contributed by atoms with E-state index in [1.165, 1.54) is 12.1 Å². The molecule has 90 valence electrons. The van der Waals surface area contributed by atoms with Crippen molar-refractivity contribution in [1.29, 1.82) is 0 Å². The van der Waals surface area contributed by atoms with Crippen LogP contribution in [0.2, 0.25) is 0 Å². The maximum absolute atomic E-state index is 9.28. The molecule has 2 heterocycles. The lowest BCUT2D eigenvalue weighted by molar-refractivity contribution is 0.151. The van der Waals surface area contributed by atoms with Crippen LogP contribution in [0.1, 0.15) is 24.2 Å². The molecule has 1 aliphatic heterocycles. The number of aliphatic hydroxyl groups excluding tert-OH is 1. The topological polar surface area (TPSA) is 41.3 Å². The zero-order valence-corrected chi connectivity index (χ0v) is 11.4. The lowest BCUT2D eigenvalue weighted by atomic mass is 10.2. The Bertz CT molecular complexity index is 378. The van der Waals surface area contributed by atoms with Crippen molar-refractivity contribution in [3.8, 4) is 0 Å². The lowest BCUT2D eigenvalue weighted by Gasteiger charge is -2.22. The second-order valence-electron chi connectivity index (χ2n) is 4.42. The third-order valence-corrected chi connectivity index (χ3v) is 4.36. The summed E-state index contributed by atoms with van der Waals surface area (Å²) in [6.45, 7) is 4.20. The maximum atomic E-state index is 9.28. The van der Waals surface area contributed by atoms with Gasteiger partial charge in [-0.25, -0.2) is 0 Å². The molecule has 0 radical (unpaired) electrons. The SMILES string of the molecule is Cc1nn(C)c(CN2CCC[C@@H]2CO)c1Br. The van der Waals surface area contributed by atoms with Gasteiger partial charge >= 0.3 is 0 Å². The summed E-state index contributed by atoms with van der Waals surface area (Å²) in [5.74, 6) is 0. The van der Waals surface area contributed by atoms with Crippen LogP contribution in [0.4, 0.5) is 0 Å². The molecule has 4 nitrogen and oxygen atoms in total. The minimum absolute atomic E-state index is 0.258. The number of aromatic nitrogens is 2. The number of likely N-dealkylation sites (tertiary alicyclic amines) is 1. The molecule has 0 amide bonds. The average molecular weight is 288 g/mol. The Kier molecular flexibility index (Phi) is 3.66. The number of hydrogen-bond donors (Lipinski definition) is 1. The Balaban J connectivity index is 2.14. The molecular weight excluding hydrogens is 270 g/mol. The van der Waals surface area contributed by atoms with E-state index in [2.05, 4.69) is 25.9 Å². The smallest absolute Gasteiger partial charge is 0.0739 e. The lowest BCUT2D eigenvalue weighted by Crippen LogP contribution is -2.32. The first-order chi connectivity index (χ1) is 7.63. The molecule has 1 saturated heterocycles. The van der Waals surface area contributed by atoms with Crippen LogP contribution < -0.4 is 0 Å². The van der Waals surface area contributed by atoms with Gasteiger partial charge in [-0.05, 0) is 42.2 Å². The van der Waals surface area contributed by atoms with E-state index in [0.717, 1.165) is 29.7 Å². The molecule has 1 aromatic heterocycles. The van der Waals surface area contributed by atoms with E-state index < -0.39 is 0 Å². The highest BCUT2D eigenvalue weighted by Crippen LogP contribution is 2.25. The Hall–Kier alpha value is -0.390. The molecule has 0 saturated carbocycles. The Morgan fingerprint density at radius 2 is 2.31 bits per heavy atom. The number of nitrogens with zero attached hydrogens (tertiary/aromatic N) is 3. The highest BCUT2D eigenvalue weighted by atomic mass is 79.9. The first kappa shape index (κ1) is 12.1. The van der Waals surface area contributed by atoms with Crippen molar-refractivity contribution in [2.75, 3.05) is 13.2 Å². The van der Waals surface area contributed by atoms with Crippen LogP contribution in [-0.2, 0) is 13.6 Å². The summed E-state index contributed by atoms with van der Waals surface area (Å²) >= 11 is 3.58. The molecule has 16 heavy (non-hydrogen) atoms. The van der Waals surface area contributed by atoms with Gasteiger partial charge in [0.1, 0.15) is 0 Å². The second-order valence-corrected chi connectivity index (χ2v) is 5.21. The molecule has 1 N–H and O–H groups in total. The zero-order chi connectivity index (χ0) is 11.7. The molecule has 0 aromatic carbocycles. The fraction of sp³-hybridized carbons (Fsp3) is 0.727. The number of rotatable bonds is 3. The number of aliphatic hydroxyl groups is 1. The van der Waals surface area contributed by atoms with Crippen LogP contribution in [0, 0.1) is 6.92 Å². The van der Waals surface area contributed by atoms with Crippen LogP contribution in [0.3, 0.4) is 0 Å². The van der Waals surface area contributed by atoms with Gasteiger partial charge in [-0.2, -0.15) is 5.10 Å². The third kappa shape index (κ3) is 2.17. The van der Waals surface area contributed by atoms with E-state index in [4.69, 9.17) is 0 Å². The van der Waals surface area contributed by atoms with Crippen molar-refractivity contribution in [3.63, 3.8) is 0 Å². The highest BCUT2D eigenvalue weighted by Gasteiger charge is 2.25. The summed E-state index contributed by atoms with van der Waals surface area (Å²) in [7, 11) is 1.97. The van der Waals surface area contributed by atoms with Crippen molar-refractivity contribution in [2.45, 2.75) is 32.4 Å². The second kappa shape index (κ2) is 4.85. The van der Waals surface area contributed by atoms with E-state index in [-0.39, 0.29) is 6.61 Å². The molecule has 0 unspecified atom stereocenters. The monoisotopic (exact) mass is 287 g/mol. The summed E-state index contributed by atoms with van der Waals surface area (Å²) in [6, 6.07) is 0.321. The van der Waals surface area contributed by atoms with Crippen LogP contribution in [-0.4, -0.2) is 39.0 Å². The van der Waals surface area contributed by atoms with Gasteiger partial charge in [0.25, 0.3) is 0 Å². The molecule has 0 spiro atoms. The molecule has 1 atom stereocenters. The molecule has 2 rings (SSSR count). The molecule has 1 aliphatic rings. The third-order valence-electron chi connectivity index (χ3n) is 3.32. The van der Waals surface area contributed by atoms with Crippen molar-refractivity contribution < 1.29 is 5.11 Å². The van der Waals surface area contributed by atoms with Crippen LogP contribution in [0.15, 0.2) is 4.47 Å². The minimum Gasteiger partial charge on any atom is -0.395 e. The predicted molar refractivity (Wildman–Crippen MR) is 66.2 cm³/mol. The Morgan fingerprint density at radius 1 is 1.56 bits per heavy atom. The Morgan fingerprint density at radius 3 is 2.88 bits per heavy atom. The van der Waals surface area contributed by atoms with Gasteiger partial charge in [-0.3, -0.25) is 9.58 Å². The molecule has 1 fully saturated rings. The summed E-state index contributed by atoms with van der Waals surface area (Å²) in [5.41, 5.74) is 2.22. The van der Waals surface area contributed by atoms with E-state index in [0.29, 0.717) is 6.04 Å². The number of aryl methyl sites for hydroxylation is 2. The fourth-order valence-electron chi connectivity index (χ4n) is 2.35. The zero-order valence-electron chi connectivity index (χ0n) is 9.78. The molecule has 5 heteroatoms. The molecular formula is C11H18BrN3O. The molecule has 1 aromatic rings. The van der Waals surface area contributed by atoms with Gasteiger partial charge in [0.05, 0.1) is 22.5 Å². The van der Waals surface area contributed by atoms with Crippen LogP contribution in [0.5, 0.6) is 0 Å². The quantitative estimate of drug-likeness (QED) is 0.915. The van der Waals surface area contributed by atoms with Gasteiger partial charge in [0.15, 0.2) is 0 Å². The van der Waals surface area contributed by atoms with Gasteiger partial charge in [-0.15, -0.1) is 0 Å².